The first-order valence-electron chi connectivity index (χ1n) is 7.97. The van der Waals surface area contributed by atoms with E-state index in [-0.39, 0.29) is 11.4 Å². The summed E-state index contributed by atoms with van der Waals surface area (Å²) >= 11 is 0. The maximum absolute atomic E-state index is 12.2. The third-order valence-corrected chi connectivity index (χ3v) is 5.67. The molecule has 1 heterocycles. The number of aryl methyl sites for hydroxylation is 2. The lowest BCUT2D eigenvalue weighted by molar-refractivity contribution is 0.143. The zero-order valence-electron chi connectivity index (χ0n) is 14.1. The van der Waals surface area contributed by atoms with E-state index in [4.69, 9.17) is 4.74 Å². The largest absolute Gasteiger partial charge is 0.443 e. The van der Waals surface area contributed by atoms with Gasteiger partial charge in [0.25, 0.3) is 0 Å². The number of nitrogens with zero attached hydrogens (tertiary/aromatic N) is 1. The highest BCUT2D eigenvalue weighted by atomic mass is 32.2. The van der Waals surface area contributed by atoms with Crippen molar-refractivity contribution in [2.75, 3.05) is 18.0 Å². The first-order valence-corrected chi connectivity index (χ1v) is 9.45. The number of amides is 1. The summed E-state index contributed by atoms with van der Waals surface area (Å²) < 4.78 is 32.3. The number of cyclic esters (lactones) is 1. The molecule has 0 aromatic heterocycles. The van der Waals surface area contributed by atoms with Gasteiger partial charge >= 0.3 is 6.09 Å². The molecule has 1 saturated heterocycles. The van der Waals surface area contributed by atoms with Crippen LogP contribution in [0.1, 0.15) is 11.1 Å². The minimum Gasteiger partial charge on any atom is -0.443 e. The van der Waals surface area contributed by atoms with Gasteiger partial charge in [0.15, 0.2) is 0 Å². The van der Waals surface area contributed by atoms with E-state index >= 15 is 0 Å². The predicted molar refractivity (Wildman–Crippen MR) is 95.2 cm³/mol. The van der Waals surface area contributed by atoms with Crippen LogP contribution in [0.3, 0.4) is 0 Å². The van der Waals surface area contributed by atoms with E-state index in [0.717, 1.165) is 16.8 Å². The lowest BCUT2D eigenvalue weighted by Crippen LogP contribution is -2.34. The molecule has 0 aliphatic carbocycles. The van der Waals surface area contributed by atoms with E-state index in [1.165, 1.54) is 17.0 Å². The summed E-state index contributed by atoms with van der Waals surface area (Å²) in [6.45, 7) is 4.32. The van der Waals surface area contributed by atoms with Crippen molar-refractivity contribution in [3.8, 4) is 0 Å². The van der Waals surface area contributed by atoms with Gasteiger partial charge < -0.3 is 4.74 Å². The molecule has 1 amide bonds. The van der Waals surface area contributed by atoms with Crippen LogP contribution in [-0.2, 0) is 14.8 Å². The molecule has 6 nitrogen and oxygen atoms in total. The van der Waals surface area contributed by atoms with Crippen LogP contribution in [0.25, 0.3) is 0 Å². The number of carbonyl (C=O) groups is 1. The van der Waals surface area contributed by atoms with Crippen molar-refractivity contribution in [3.05, 3.63) is 59.7 Å². The summed E-state index contributed by atoms with van der Waals surface area (Å²) in [5, 5.41) is 0. The van der Waals surface area contributed by atoms with Crippen molar-refractivity contribution < 1.29 is 17.9 Å². The monoisotopic (exact) mass is 360 g/mol. The van der Waals surface area contributed by atoms with E-state index in [1.54, 1.807) is 18.2 Å². The second-order valence-electron chi connectivity index (χ2n) is 6.05. The van der Waals surface area contributed by atoms with Gasteiger partial charge in [-0.3, -0.25) is 4.90 Å². The predicted octanol–water partition coefficient (Wildman–Crippen LogP) is 2.61. The molecule has 0 bridgehead atoms. The van der Waals surface area contributed by atoms with Crippen molar-refractivity contribution in [1.82, 2.24) is 4.72 Å². The minimum atomic E-state index is -3.62. The Morgan fingerprint density at radius 2 is 1.84 bits per heavy atom. The molecule has 7 heteroatoms. The number of hydrogen-bond acceptors (Lipinski definition) is 4. The van der Waals surface area contributed by atoms with Gasteiger partial charge in [0.05, 0.1) is 11.4 Å². The van der Waals surface area contributed by atoms with Crippen molar-refractivity contribution in [2.24, 2.45) is 0 Å². The lowest BCUT2D eigenvalue weighted by atomic mass is 10.1. The maximum atomic E-state index is 12.2. The molecule has 0 saturated carbocycles. The van der Waals surface area contributed by atoms with Crippen molar-refractivity contribution >= 4 is 21.8 Å². The van der Waals surface area contributed by atoms with Gasteiger partial charge in [0.1, 0.15) is 6.10 Å². The topological polar surface area (TPSA) is 75.7 Å². The Morgan fingerprint density at radius 1 is 1.12 bits per heavy atom. The van der Waals surface area contributed by atoms with Crippen LogP contribution in [0, 0.1) is 13.8 Å². The fourth-order valence-electron chi connectivity index (χ4n) is 2.62. The molecular formula is C18H20N2O4S. The number of carbonyl (C=O) groups excluding carboxylic acids is 1. The van der Waals surface area contributed by atoms with Crippen molar-refractivity contribution in [2.45, 2.75) is 24.8 Å². The highest BCUT2D eigenvalue weighted by Gasteiger charge is 2.33. The molecule has 2 aromatic rings. The minimum absolute atomic E-state index is 0.0321. The Bertz CT molecular complexity index is 881. The molecule has 132 valence electrons. The normalized spacial score (nSPS) is 17.6. The lowest BCUT2D eigenvalue weighted by Gasteiger charge is -2.14. The quantitative estimate of drug-likeness (QED) is 0.889. The van der Waals surface area contributed by atoms with Crippen LogP contribution in [0.4, 0.5) is 10.5 Å². The molecule has 1 aliphatic rings. The molecular weight excluding hydrogens is 340 g/mol. The highest BCUT2D eigenvalue weighted by Crippen LogP contribution is 2.24. The zero-order valence-corrected chi connectivity index (χ0v) is 14.9. The second kappa shape index (κ2) is 6.85. The zero-order chi connectivity index (χ0) is 18.0. The van der Waals surface area contributed by atoms with Gasteiger partial charge in [-0.2, -0.15) is 0 Å². The Labute approximate surface area is 147 Å². The Hall–Kier alpha value is -2.38. The molecule has 1 N–H and O–H groups in total. The molecule has 0 radical (unpaired) electrons. The van der Waals surface area contributed by atoms with E-state index < -0.39 is 22.2 Å². The van der Waals surface area contributed by atoms with Gasteiger partial charge in [0, 0.05) is 12.2 Å². The van der Waals surface area contributed by atoms with Gasteiger partial charge in [-0.25, -0.2) is 17.9 Å². The van der Waals surface area contributed by atoms with E-state index in [1.807, 2.05) is 32.0 Å². The van der Waals surface area contributed by atoms with Crippen LogP contribution in [0.2, 0.25) is 0 Å². The number of ether oxygens (including phenoxy) is 1. The number of hydrogen-bond donors (Lipinski definition) is 1. The van der Waals surface area contributed by atoms with Crippen LogP contribution in [-0.4, -0.2) is 33.7 Å². The number of benzene rings is 2. The maximum Gasteiger partial charge on any atom is 0.414 e. The standard InChI is InChI=1S/C18H20N2O4S/c1-13-8-9-15(10-14(13)2)20-12-16(24-18(20)21)11-19-25(22,23)17-6-4-3-5-7-17/h3-10,16,19H,11-12H2,1-2H3. The molecule has 1 atom stereocenters. The smallest absolute Gasteiger partial charge is 0.414 e. The van der Waals surface area contributed by atoms with Crippen LogP contribution < -0.4 is 9.62 Å². The van der Waals surface area contributed by atoms with Crippen molar-refractivity contribution in [1.29, 1.82) is 0 Å². The van der Waals surface area contributed by atoms with Crippen molar-refractivity contribution in [3.63, 3.8) is 0 Å². The Balaban J connectivity index is 1.66. The first-order chi connectivity index (χ1) is 11.9. The third kappa shape index (κ3) is 3.83. The van der Waals surface area contributed by atoms with E-state index in [9.17, 15) is 13.2 Å². The molecule has 1 fully saturated rings. The van der Waals surface area contributed by atoms with Crippen LogP contribution in [0.15, 0.2) is 53.4 Å². The summed E-state index contributed by atoms with van der Waals surface area (Å²) in [4.78, 5) is 13.8. The van der Waals surface area contributed by atoms with E-state index in [0.29, 0.717) is 6.54 Å². The number of sulfonamides is 1. The molecule has 25 heavy (non-hydrogen) atoms. The van der Waals surface area contributed by atoms with Gasteiger partial charge in [0.2, 0.25) is 10.0 Å². The summed E-state index contributed by atoms with van der Waals surface area (Å²) in [5.41, 5.74) is 2.98. The number of anilines is 1. The fourth-order valence-corrected chi connectivity index (χ4v) is 3.71. The highest BCUT2D eigenvalue weighted by molar-refractivity contribution is 7.89. The SMILES string of the molecule is Cc1ccc(N2CC(CNS(=O)(=O)c3ccccc3)OC2=O)cc1C. The van der Waals surface area contributed by atoms with Crippen LogP contribution in [0.5, 0.6) is 0 Å². The van der Waals surface area contributed by atoms with Gasteiger partial charge in [-0.05, 0) is 49.2 Å². The summed E-state index contributed by atoms with van der Waals surface area (Å²) in [7, 11) is -3.62. The summed E-state index contributed by atoms with van der Waals surface area (Å²) in [6, 6.07) is 13.8. The summed E-state index contributed by atoms with van der Waals surface area (Å²) in [5.74, 6) is 0. The molecule has 1 unspecified atom stereocenters. The molecule has 3 rings (SSSR count). The first kappa shape index (κ1) is 17.4. The Morgan fingerprint density at radius 3 is 2.52 bits per heavy atom. The Kier molecular flexibility index (Phi) is 4.78. The van der Waals surface area contributed by atoms with Gasteiger partial charge in [-0.1, -0.05) is 24.3 Å². The fraction of sp³-hybridized carbons (Fsp3) is 0.278. The number of nitrogens with one attached hydrogen (secondary N) is 1. The second-order valence-corrected chi connectivity index (χ2v) is 7.82. The third-order valence-electron chi connectivity index (χ3n) is 4.23. The van der Waals surface area contributed by atoms with Crippen LogP contribution >= 0.6 is 0 Å². The molecule has 0 spiro atoms. The summed E-state index contributed by atoms with van der Waals surface area (Å²) in [6.07, 6.45) is -1.00. The van der Waals surface area contributed by atoms with E-state index in [2.05, 4.69) is 4.72 Å². The van der Waals surface area contributed by atoms with Gasteiger partial charge in [-0.15, -0.1) is 0 Å². The number of rotatable bonds is 5. The average molecular weight is 360 g/mol. The molecule has 2 aromatic carbocycles. The average Bonchev–Trinajstić information content (AvgIpc) is 2.97. The molecule has 1 aliphatic heterocycles.